The number of ketones is 1. The maximum Gasteiger partial charge on any atom is 0.147 e. The maximum atomic E-state index is 13.1. The molecule has 0 saturated carbocycles. The Kier molecular flexibility index (Phi) is 7.70. The summed E-state index contributed by atoms with van der Waals surface area (Å²) < 4.78 is 0. The van der Waals surface area contributed by atoms with Crippen molar-refractivity contribution in [3.05, 3.63) is 70.8 Å². The minimum Gasteiger partial charge on any atom is -0.298 e. The van der Waals surface area contributed by atoms with Gasteiger partial charge in [0.2, 0.25) is 0 Å². The number of carbonyl (C=O) groups is 1. The molecule has 1 nitrogen and oxygen atoms in total. The minimum atomic E-state index is -1.39. The molecule has 0 bridgehead atoms. The van der Waals surface area contributed by atoms with Gasteiger partial charge in [-0.15, -0.1) is 11.1 Å². The van der Waals surface area contributed by atoms with Gasteiger partial charge in [0.1, 0.15) is 21.9 Å². The highest BCUT2D eigenvalue weighted by molar-refractivity contribution is 6.84. The van der Waals surface area contributed by atoms with E-state index < -0.39 is 16.1 Å². The van der Waals surface area contributed by atoms with Gasteiger partial charge in [-0.2, -0.15) is 0 Å². The van der Waals surface area contributed by atoms with Gasteiger partial charge in [-0.05, 0) is 35.4 Å². The number of hydrogen-bond acceptors (Lipinski definition) is 1. The van der Waals surface area contributed by atoms with Gasteiger partial charge < -0.3 is 0 Å². The van der Waals surface area contributed by atoms with Crippen LogP contribution in [0.3, 0.4) is 0 Å². The van der Waals surface area contributed by atoms with Crippen LogP contribution >= 0.6 is 0 Å². The normalized spacial score (nSPS) is 13.3. The molecular weight excluding hydrogens is 396 g/mol. The van der Waals surface area contributed by atoms with Gasteiger partial charge in [-0.25, -0.2) is 0 Å². The van der Waals surface area contributed by atoms with Crippen molar-refractivity contribution in [3.63, 3.8) is 0 Å². The predicted octanol–water partition coefficient (Wildman–Crippen LogP) is 6.62. The molecule has 0 amide bonds. The number of carbonyl (C=O) groups excluding carboxylic acids is 1. The zero-order valence-corrected chi connectivity index (χ0v) is 21.7. The van der Waals surface area contributed by atoms with E-state index in [2.05, 4.69) is 62.2 Å². The van der Waals surface area contributed by atoms with Crippen LogP contribution in [-0.2, 0) is 4.79 Å². The van der Waals surface area contributed by atoms with Crippen molar-refractivity contribution >= 4 is 21.9 Å². The summed E-state index contributed by atoms with van der Waals surface area (Å²) in [5, 5.41) is 0. The smallest absolute Gasteiger partial charge is 0.147 e. The standard InChI is InChI=1S/C27H34OSi2/c1-21(25-13-9-23(10-14-25)17-19-29(3,4)5)27(28)22(2)26-15-11-24(12-16-26)18-20-30(6,7)8/h9-16,21-22H,1-8H3. The first-order chi connectivity index (χ1) is 13.9. The van der Waals surface area contributed by atoms with Gasteiger partial charge in [0.05, 0.1) is 0 Å². The first kappa shape index (κ1) is 23.9. The summed E-state index contributed by atoms with van der Waals surface area (Å²) in [6.45, 7) is 17.4. The molecule has 30 heavy (non-hydrogen) atoms. The molecule has 0 fully saturated rings. The Morgan fingerprint density at radius 3 is 1.20 bits per heavy atom. The lowest BCUT2D eigenvalue weighted by atomic mass is 9.85. The molecule has 0 saturated heterocycles. The van der Waals surface area contributed by atoms with Crippen LogP contribution in [0.2, 0.25) is 39.3 Å². The summed E-state index contributed by atoms with van der Waals surface area (Å²) >= 11 is 0. The van der Waals surface area contributed by atoms with Crippen LogP contribution in [0.15, 0.2) is 48.5 Å². The fourth-order valence-electron chi connectivity index (χ4n) is 2.93. The summed E-state index contributed by atoms with van der Waals surface area (Å²) in [6.07, 6.45) is 0. The molecule has 0 aliphatic heterocycles. The van der Waals surface area contributed by atoms with Crippen LogP contribution < -0.4 is 0 Å². The molecule has 0 N–H and O–H groups in total. The lowest BCUT2D eigenvalue weighted by Crippen LogP contribution is -2.17. The Labute approximate surface area is 185 Å². The molecule has 0 spiro atoms. The average molecular weight is 431 g/mol. The Hall–Kier alpha value is -2.34. The summed E-state index contributed by atoms with van der Waals surface area (Å²) in [5.41, 5.74) is 10.9. The van der Waals surface area contributed by atoms with Crippen molar-refractivity contribution in [2.45, 2.75) is 65.0 Å². The van der Waals surface area contributed by atoms with Gasteiger partial charge in [0, 0.05) is 23.0 Å². The molecule has 0 heterocycles. The molecular formula is C27H34OSi2. The van der Waals surface area contributed by atoms with Crippen molar-refractivity contribution in [1.82, 2.24) is 0 Å². The highest BCUT2D eigenvalue weighted by atomic mass is 28.3. The zero-order chi connectivity index (χ0) is 22.5. The number of Topliss-reactive ketones (excluding diaryl/α,β-unsaturated/α-hetero) is 1. The van der Waals surface area contributed by atoms with Crippen molar-refractivity contribution < 1.29 is 4.79 Å². The number of benzene rings is 2. The number of rotatable bonds is 4. The van der Waals surface area contributed by atoms with E-state index in [1.54, 1.807) is 0 Å². The van der Waals surface area contributed by atoms with Crippen LogP contribution in [-0.4, -0.2) is 21.9 Å². The minimum absolute atomic E-state index is 0.148. The molecule has 2 atom stereocenters. The number of hydrogen-bond donors (Lipinski definition) is 0. The molecule has 0 aromatic heterocycles. The Morgan fingerprint density at radius 1 is 0.633 bits per heavy atom. The fraction of sp³-hybridized carbons (Fsp3) is 0.370. The molecule has 0 aliphatic rings. The molecule has 2 aromatic rings. The van der Waals surface area contributed by atoms with E-state index in [-0.39, 0.29) is 17.6 Å². The van der Waals surface area contributed by atoms with E-state index in [4.69, 9.17) is 0 Å². The largest absolute Gasteiger partial charge is 0.298 e. The molecule has 2 aromatic carbocycles. The van der Waals surface area contributed by atoms with Gasteiger partial charge in [-0.1, -0.05) is 89.2 Å². The van der Waals surface area contributed by atoms with E-state index >= 15 is 0 Å². The van der Waals surface area contributed by atoms with Crippen LogP contribution in [0.5, 0.6) is 0 Å². The molecule has 0 aliphatic carbocycles. The highest BCUT2D eigenvalue weighted by Gasteiger charge is 2.22. The highest BCUT2D eigenvalue weighted by Crippen LogP contribution is 2.26. The van der Waals surface area contributed by atoms with Crippen LogP contribution in [0.25, 0.3) is 0 Å². The second kappa shape index (κ2) is 9.65. The Bertz CT molecular complexity index is 912. The Balaban J connectivity index is 2.11. The van der Waals surface area contributed by atoms with E-state index in [0.29, 0.717) is 0 Å². The SMILES string of the molecule is CC(C(=O)C(C)c1ccc(C#C[Si](C)(C)C)cc1)c1ccc(C#C[Si](C)(C)C)cc1. The molecule has 2 unspecified atom stereocenters. The van der Waals surface area contributed by atoms with E-state index in [1.807, 2.05) is 62.4 Å². The van der Waals surface area contributed by atoms with E-state index in [9.17, 15) is 4.79 Å². The first-order valence-electron chi connectivity index (χ1n) is 10.7. The second-order valence-electron chi connectivity index (χ2n) is 10.1. The molecule has 156 valence electrons. The first-order valence-corrected chi connectivity index (χ1v) is 17.7. The van der Waals surface area contributed by atoms with Gasteiger partial charge in [0.15, 0.2) is 0 Å². The second-order valence-corrected chi connectivity index (χ2v) is 19.6. The quantitative estimate of drug-likeness (QED) is 0.393. The van der Waals surface area contributed by atoms with Crippen molar-refractivity contribution in [2.75, 3.05) is 0 Å². The predicted molar refractivity (Wildman–Crippen MR) is 135 cm³/mol. The lowest BCUT2D eigenvalue weighted by molar-refractivity contribution is -0.121. The Morgan fingerprint density at radius 2 is 0.933 bits per heavy atom. The van der Waals surface area contributed by atoms with Crippen LogP contribution in [0.1, 0.15) is 47.9 Å². The van der Waals surface area contributed by atoms with Crippen molar-refractivity contribution in [3.8, 4) is 22.9 Å². The van der Waals surface area contributed by atoms with Gasteiger partial charge in [0.25, 0.3) is 0 Å². The topological polar surface area (TPSA) is 17.1 Å². The third-order valence-electron chi connectivity index (χ3n) is 4.84. The van der Waals surface area contributed by atoms with Crippen LogP contribution in [0.4, 0.5) is 0 Å². The summed E-state index contributed by atoms with van der Waals surface area (Å²) in [4.78, 5) is 13.1. The summed E-state index contributed by atoms with van der Waals surface area (Å²) in [7, 11) is -2.77. The molecule has 2 rings (SSSR count). The van der Waals surface area contributed by atoms with Gasteiger partial charge >= 0.3 is 0 Å². The molecule has 3 heteroatoms. The molecule has 0 radical (unpaired) electrons. The monoisotopic (exact) mass is 430 g/mol. The summed E-state index contributed by atoms with van der Waals surface area (Å²) in [6, 6.07) is 16.3. The van der Waals surface area contributed by atoms with E-state index in [1.165, 1.54) is 0 Å². The van der Waals surface area contributed by atoms with E-state index in [0.717, 1.165) is 22.3 Å². The maximum absolute atomic E-state index is 13.1. The lowest BCUT2D eigenvalue weighted by Gasteiger charge is -2.17. The van der Waals surface area contributed by atoms with Crippen molar-refractivity contribution in [1.29, 1.82) is 0 Å². The zero-order valence-electron chi connectivity index (χ0n) is 19.7. The third-order valence-corrected chi connectivity index (χ3v) is 6.59. The van der Waals surface area contributed by atoms with Gasteiger partial charge in [-0.3, -0.25) is 4.79 Å². The fourth-order valence-corrected chi connectivity index (χ4v) is 3.97. The summed E-state index contributed by atoms with van der Waals surface area (Å²) in [5.74, 6) is 6.48. The third kappa shape index (κ3) is 7.49. The van der Waals surface area contributed by atoms with Crippen molar-refractivity contribution in [2.24, 2.45) is 0 Å². The average Bonchev–Trinajstić information content (AvgIpc) is 2.69. The van der Waals surface area contributed by atoms with Crippen LogP contribution in [0, 0.1) is 22.9 Å².